The lowest BCUT2D eigenvalue weighted by atomic mass is 10.2. The maximum Gasteiger partial charge on any atom is 0.214 e. The van der Waals surface area contributed by atoms with Gasteiger partial charge in [-0.05, 0) is 18.3 Å². The van der Waals surface area contributed by atoms with Crippen molar-refractivity contribution in [3.8, 4) is 11.5 Å². The number of nitrogens with one attached hydrogen (secondary N) is 2. The van der Waals surface area contributed by atoms with Crippen LogP contribution in [0.1, 0.15) is 18.3 Å². The molecular formula is C13H18N4O2S. The summed E-state index contributed by atoms with van der Waals surface area (Å²) in [5.74, 6) is 2.28. The van der Waals surface area contributed by atoms with Gasteiger partial charge in [-0.2, -0.15) is 5.10 Å². The Morgan fingerprint density at radius 1 is 1.35 bits per heavy atom. The third-order valence-corrected chi connectivity index (χ3v) is 3.24. The van der Waals surface area contributed by atoms with E-state index in [0.29, 0.717) is 17.1 Å². The number of aromatic nitrogens is 3. The fourth-order valence-corrected chi connectivity index (χ4v) is 2.20. The average Bonchev–Trinajstić information content (AvgIpc) is 2.84. The molecule has 0 radical (unpaired) electrons. The minimum Gasteiger partial charge on any atom is -0.493 e. The summed E-state index contributed by atoms with van der Waals surface area (Å²) >= 11 is 5.19. The second kappa shape index (κ2) is 6.42. The first-order chi connectivity index (χ1) is 9.71. The number of rotatable bonds is 6. The van der Waals surface area contributed by atoms with E-state index in [0.717, 1.165) is 23.6 Å². The lowest BCUT2D eigenvalue weighted by Crippen LogP contribution is -2.17. The van der Waals surface area contributed by atoms with E-state index in [9.17, 15) is 0 Å². The van der Waals surface area contributed by atoms with Crippen LogP contribution in [0.15, 0.2) is 18.2 Å². The zero-order valence-corrected chi connectivity index (χ0v) is 12.6. The summed E-state index contributed by atoms with van der Waals surface area (Å²) in [5.41, 5.74) is 4.22. The van der Waals surface area contributed by atoms with Crippen LogP contribution in [0.2, 0.25) is 0 Å². The number of nitrogens with zero attached hydrogens (tertiary/aromatic N) is 2. The molecule has 0 spiro atoms. The van der Waals surface area contributed by atoms with Crippen LogP contribution in [0.3, 0.4) is 0 Å². The van der Waals surface area contributed by atoms with Crippen LogP contribution in [0, 0.1) is 4.77 Å². The summed E-state index contributed by atoms with van der Waals surface area (Å²) in [4.78, 5) is 0. The van der Waals surface area contributed by atoms with Gasteiger partial charge in [-0.25, -0.2) is 4.68 Å². The highest BCUT2D eigenvalue weighted by Gasteiger charge is 2.10. The predicted octanol–water partition coefficient (Wildman–Crippen LogP) is 2.26. The van der Waals surface area contributed by atoms with Gasteiger partial charge in [0.2, 0.25) is 4.77 Å². The normalized spacial score (nSPS) is 10.3. The Bertz CT molecular complexity index is 636. The number of ether oxygens (including phenoxy) is 2. The van der Waals surface area contributed by atoms with E-state index in [1.807, 2.05) is 25.1 Å². The van der Waals surface area contributed by atoms with E-state index in [2.05, 4.69) is 15.6 Å². The van der Waals surface area contributed by atoms with Crippen molar-refractivity contribution >= 4 is 12.2 Å². The molecule has 0 aliphatic heterocycles. The van der Waals surface area contributed by atoms with Crippen molar-refractivity contribution in [2.24, 2.45) is 0 Å². The van der Waals surface area contributed by atoms with Gasteiger partial charge in [0, 0.05) is 12.0 Å². The summed E-state index contributed by atoms with van der Waals surface area (Å²) in [6.45, 7) is 2.58. The molecule has 0 amide bonds. The van der Waals surface area contributed by atoms with Crippen molar-refractivity contribution in [2.75, 3.05) is 19.6 Å². The molecule has 7 heteroatoms. The van der Waals surface area contributed by atoms with Gasteiger partial charge in [-0.3, -0.25) is 5.10 Å². The number of H-pyrrole nitrogens is 1. The Morgan fingerprint density at radius 3 is 2.80 bits per heavy atom. The van der Waals surface area contributed by atoms with Gasteiger partial charge in [-0.1, -0.05) is 19.1 Å². The molecule has 2 N–H and O–H groups in total. The smallest absolute Gasteiger partial charge is 0.214 e. The molecule has 0 bridgehead atoms. The molecule has 0 atom stereocenters. The van der Waals surface area contributed by atoms with Crippen LogP contribution in [-0.4, -0.2) is 29.1 Å². The largest absolute Gasteiger partial charge is 0.493 e. The van der Waals surface area contributed by atoms with Crippen molar-refractivity contribution in [1.82, 2.24) is 14.9 Å². The first-order valence-corrected chi connectivity index (χ1v) is 6.72. The monoisotopic (exact) mass is 294 g/mol. The number of aryl methyl sites for hydroxylation is 1. The Morgan fingerprint density at radius 2 is 2.15 bits per heavy atom. The molecule has 0 saturated heterocycles. The molecule has 0 fully saturated rings. The van der Waals surface area contributed by atoms with Crippen molar-refractivity contribution in [2.45, 2.75) is 19.9 Å². The Balaban J connectivity index is 2.23. The van der Waals surface area contributed by atoms with Crippen molar-refractivity contribution in [3.05, 3.63) is 34.4 Å². The van der Waals surface area contributed by atoms with Gasteiger partial charge >= 0.3 is 0 Å². The number of aromatic amines is 1. The molecule has 0 aliphatic carbocycles. The third-order valence-electron chi connectivity index (χ3n) is 2.97. The SMILES string of the molecule is CCc1n[nH]c(=S)n1NCc1cccc(OC)c1OC. The van der Waals surface area contributed by atoms with Gasteiger partial charge in [-0.15, -0.1) is 0 Å². The van der Waals surface area contributed by atoms with Gasteiger partial charge in [0.1, 0.15) is 0 Å². The number of benzene rings is 1. The second-order valence-corrected chi connectivity index (χ2v) is 4.51. The highest BCUT2D eigenvalue weighted by Crippen LogP contribution is 2.30. The topological polar surface area (TPSA) is 64.1 Å². The van der Waals surface area contributed by atoms with Gasteiger partial charge in [0.15, 0.2) is 17.3 Å². The van der Waals surface area contributed by atoms with Crippen LogP contribution in [0.4, 0.5) is 0 Å². The molecule has 1 heterocycles. The van der Waals surface area contributed by atoms with Crippen LogP contribution in [0.25, 0.3) is 0 Å². The molecule has 1 aromatic carbocycles. The molecule has 2 rings (SSSR count). The molecule has 6 nitrogen and oxygen atoms in total. The molecule has 0 saturated carbocycles. The van der Waals surface area contributed by atoms with Gasteiger partial charge < -0.3 is 14.9 Å². The van der Waals surface area contributed by atoms with Crippen LogP contribution in [-0.2, 0) is 13.0 Å². The van der Waals surface area contributed by atoms with E-state index in [1.165, 1.54) is 0 Å². The van der Waals surface area contributed by atoms with Crippen LogP contribution >= 0.6 is 12.2 Å². The van der Waals surface area contributed by atoms with Crippen LogP contribution < -0.4 is 14.9 Å². The number of hydrogen-bond donors (Lipinski definition) is 2. The minimum atomic E-state index is 0.545. The maximum absolute atomic E-state index is 5.40. The molecule has 2 aromatic rings. The standard InChI is InChI=1S/C13H18N4O2S/c1-4-11-15-16-13(20)17(11)14-8-9-6-5-7-10(18-2)12(9)19-3/h5-7,14H,4,8H2,1-3H3,(H,16,20). The van der Waals surface area contributed by atoms with Crippen molar-refractivity contribution in [3.63, 3.8) is 0 Å². The molecule has 20 heavy (non-hydrogen) atoms. The van der Waals surface area contributed by atoms with Crippen molar-refractivity contribution < 1.29 is 9.47 Å². The van der Waals surface area contributed by atoms with E-state index in [4.69, 9.17) is 21.7 Å². The first-order valence-electron chi connectivity index (χ1n) is 6.31. The molecule has 108 valence electrons. The van der Waals surface area contributed by atoms with Crippen LogP contribution in [0.5, 0.6) is 11.5 Å². The molecule has 1 aromatic heterocycles. The molecule has 0 unspecified atom stereocenters. The lowest BCUT2D eigenvalue weighted by molar-refractivity contribution is 0.352. The highest BCUT2D eigenvalue weighted by molar-refractivity contribution is 7.71. The van der Waals surface area contributed by atoms with E-state index < -0.39 is 0 Å². The number of para-hydroxylation sites is 1. The lowest BCUT2D eigenvalue weighted by Gasteiger charge is -2.14. The zero-order chi connectivity index (χ0) is 14.5. The summed E-state index contributed by atoms with van der Waals surface area (Å²) < 4.78 is 13.0. The van der Waals surface area contributed by atoms with Gasteiger partial charge in [0.05, 0.1) is 20.8 Å². The molecule has 0 aliphatic rings. The van der Waals surface area contributed by atoms with E-state index in [1.54, 1.807) is 18.9 Å². The third kappa shape index (κ3) is 2.77. The summed E-state index contributed by atoms with van der Waals surface area (Å²) in [7, 11) is 3.25. The average molecular weight is 294 g/mol. The summed E-state index contributed by atoms with van der Waals surface area (Å²) in [6.07, 6.45) is 0.787. The van der Waals surface area contributed by atoms with E-state index >= 15 is 0 Å². The zero-order valence-electron chi connectivity index (χ0n) is 11.8. The number of hydrogen-bond acceptors (Lipinski definition) is 5. The Labute approximate surface area is 122 Å². The maximum atomic E-state index is 5.40. The number of methoxy groups -OCH3 is 2. The minimum absolute atomic E-state index is 0.545. The Hall–Kier alpha value is -2.02. The summed E-state index contributed by atoms with van der Waals surface area (Å²) in [5, 5.41) is 6.92. The van der Waals surface area contributed by atoms with E-state index in [-0.39, 0.29) is 0 Å². The summed E-state index contributed by atoms with van der Waals surface area (Å²) in [6, 6.07) is 5.76. The Kier molecular flexibility index (Phi) is 4.62. The van der Waals surface area contributed by atoms with Gasteiger partial charge in [0.25, 0.3) is 0 Å². The fraction of sp³-hybridized carbons (Fsp3) is 0.385. The molecular weight excluding hydrogens is 276 g/mol. The quantitative estimate of drug-likeness (QED) is 0.800. The first kappa shape index (κ1) is 14.4. The van der Waals surface area contributed by atoms with Crippen molar-refractivity contribution in [1.29, 1.82) is 0 Å². The predicted molar refractivity (Wildman–Crippen MR) is 79.4 cm³/mol. The fourth-order valence-electron chi connectivity index (χ4n) is 1.99. The highest BCUT2D eigenvalue weighted by atomic mass is 32.1. The second-order valence-electron chi connectivity index (χ2n) is 4.12.